The van der Waals surface area contributed by atoms with Crippen LogP contribution in [0, 0.1) is 11.8 Å². The fraction of sp³-hybridized carbons (Fsp3) is 0.469. The number of carbonyl (C=O) groups is 4. The molecule has 5 aromatic rings. The van der Waals surface area contributed by atoms with Crippen LogP contribution in [0.1, 0.15) is 80.7 Å². The normalized spacial score (nSPS) is 20.8. The molecule has 0 radical (unpaired) electrons. The zero-order chi connectivity index (χ0) is 45.3. The predicted molar refractivity (Wildman–Crippen MR) is 242 cm³/mol. The number of nitrogens with zero attached hydrogens (tertiary/aromatic N) is 4. The van der Waals surface area contributed by atoms with Gasteiger partial charge in [-0.15, -0.1) is 0 Å². The van der Waals surface area contributed by atoms with Gasteiger partial charge in [0, 0.05) is 56.0 Å². The molecule has 5 aliphatic heterocycles. The maximum Gasteiger partial charge on any atom is 0.407 e. The number of alkyl carbamates (subject to hydrolysis) is 2. The third-order valence-electron chi connectivity index (χ3n) is 14.2. The molecule has 3 aromatic carbocycles. The number of carbonyl (C=O) groups excluding carboxylic acids is 4. The Labute approximate surface area is 382 Å². The molecule has 4 fully saturated rings. The van der Waals surface area contributed by atoms with E-state index in [-0.39, 0.29) is 35.7 Å². The maximum atomic E-state index is 14.1. The van der Waals surface area contributed by atoms with Gasteiger partial charge in [0.25, 0.3) is 0 Å². The van der Waals surface area contributed by atoms with Crippen LogP contribution in [0.25, 0.3) is 44.4 Å². The lowest BCUT2D eigenvalue weighted by Crippen LogP contribution is -2.53. The second-order valence-corrected chi connectivity index (χ2v) is 17.9. The Hall–Kier alpha value is -6.46. The first-order valence-corrected chi connectivity index (χ1v) is 23.2. The first-order chi connectivity index (χ1) is 32.3. The van der Waals surface area contributed by atoms with E-state index in [0.717, 1.165) is 93.1 Å². The Kier molecular flexibility index (Phi) is 12.4. The fourth-order valence-corrected chi connectivity index (χ4v) is 10.7. The van der Waals surface area contributed by atoms with Gasteiger partial charge in [-0.3, -0.25) is 9.59 Å². The number of imidazole rings is 2. The number of ether oxygens (including phenoxy) is 5. The van der Waals surface area contributed by atoms with Gasteiger partial charge in [0.2, 0.25) is 11.8 Å². The zero-order valence-corrected chi connectivity index (χ0v) is 37.3. The van der Waals surface area contributed by atoms with Crippen molar-refractivity contribution in [1.29, 1.82) is 0 Å². The van der Waals surface area contributed by atoms with Crippen molar-refractivity contribution in [2.75, 3.05) is 53.7 Å². The molecule has 0 bridgehead atoms. The van der Waals surface area contributed by atoms with Crippen LogP contribution in [0.15, 0.2) is 60.9 Å². The number of H-pyrrole nitrogens is 2. The van der Waals surface area contributed by atoms with Crippen LogP contribution in [-0.2, 0) is 35.1 Å². The van der Waals surface area contributed by atoms with Gasteiger partial charge < -0.3 is 54.1 Å². The van der Waals surface area contributed by atoms with E-state index in [1.54, 1.807) is 0 Å². The number of aromatic nitrogens is 4. The third kappa shape index (κ3) is 8.45. The summed E-state index contributed by atoms with van der Waals surface area (Å²) in [5, 5.41) is 7.68. The topological polar surface area (TPSA) is 202 Å². The summed E-state index contributed by atoms with van der Waals surface area (Å²) in [7, 11) is 2.62. The molecule has 17 nitrogen and oxygen atoms in total. The van der Waals surface area contributed by atoms with Gasteiger partial charge >= 0.3 is 12.2 Å². The van der Waals surface area contributed by atoms with Crippen LogP contribution in [0.3, 0.4) is 0 Å². The van der Waals surface area contributed by atoms with Crippen molar-refractivity contribution < 1.29 is 42.9 Å². The Balaban J connectivity index is 0.840. The number of fused-ring (bicyclic) bond motifs is 5. The average Bonchev–Trinajstić information content (AvgIpc) is 4.22. The Morgan fingerprint density at radius 2 is 1.18 bits per heavy atom. The van der Waals surface area contributed by atoms with E-state index in [9.17, 15) is 19.2 Å². The summed E-state index contributed by atoms with van der Waals surface area (Å²) in [4.78, 5) is 73.1. The quantitative estimate of drug-likeness (QED) is 0.115. The van der Waals surface area contributed by atoms with E-state index < -0.39 is 24.3 Å². The van der Waals surface area contributed by atoms with E-state index in [2.05, 4.69) is 69.1 Å². The standard InChI is InChI=1S/C49H56N8O9/c1-62-48(60)54-41(28-13-19-64-20-14-28)46(58)56-17-3-5-39(56)44-50-25-37(52-44)31-9-11-35-30(23-31)7-12-36-34-10-8-32(24-33(34)27-66-43(35)36)38-26-51-45(53-38)40-6-4-18-57(40)47(59)42(55-49(61)63-2)29-15-21-65-22-16-29/h7-12,23-26,28-29,39-42H,3-6,13-22,27H2,1-2H3,(H,50,52)(H,51,53)(H,54,60)(H,55,61)/t39-,40-,41-,42-/m0/s1. The SMILES string of the molecule is COC(=O)N[C@H](C(=O)N1CCC[C@H]1c1ncc(-c2ccc3c(c2)COc2c-3ccc3cc(-c4cnc([C@@H]5CCCN5C(=O)[C@@H](NC(=O)OC)C5CCOCC5)[nH]4)ccc23)[nH]1)C1CCOCC1. The van der Waals surface area contributed by atoms with Crippen LogP contribution in [0.2, 0.25) is 0 Å². The highest BCUT2D eigenvalue weighted by Gasteiger charge is 2.42. The van der Waals surface area contributed by atoms with E-state index in [1.807, 2.05) is 22.2 Å². The van der Waals surface area contributed by atoms with Crippen LogP contribution in [0.4, 0.5) is 9.59 Å². The lowest BCUT2D eigenvalue weighted by molar-refractivity contribution is -0.137. The van der Waals surface area contributed by atoms with Gasteiger partial charge in [0.15, 0.2) is 0 Å². The highest BCUT2D eigenvalue weighted by atomic mass is 16.5. The molecule has 4 amide bonds. The molecule has 4 saturated heterocycles. The van der Waals surface area contributed by atoms with E-state index >= 15 is 0 Å². The second kappa shape index (κ2) is 18.8. The van der Waals surface area contributed by atoms with Crippen LogP contribution >= 0.6 is 0 Å². The van der Waals surface area contributed by atoms with Gasteiger partial charge in [-0.2, -0.15) is 0 Å². The third-order valence-corrected chi connectivity index (χ3v) is 14.2. The number of benzene rings is 3. The minimum absolute atomic E-state index is 0.0376. The van der Waals surface area contributed by atoms with Gasteiger partial charge in [-0.05, 0) is 103 Å². The number of nitrogens with one attached hydrogen (secondary N) is 4. The van der Waals surface area contributed by atoms with E-state index in [0.29, 0.717) is 71.8 Å². The van der Waals surface area contributed by atoms with Crippen molar-refractivity contribution in [2.45, 2.75) is 82.1 Å². The number of rotatable bonds is 10. The van der Waals surface area contributed by atoms with Crippen LogP contribution in [0.5, 0.6) is 5.75 Å². The minimum Gasteiger partial charge on any atom is -0.488 e. The monoisotopic (exact) mass is 900 g/mol. The number of amides is 4. The molecule has 346 valence electrons. The van der Waals surface area contributed by atoms with Crippen molar-refractivity contribution in [3.63, 3.8) is 0 Å². The molecule has 66 heavy (non-hydrogen) atoms. The first-order valence-electron chi connectivity index (χ1n) is 23.2. The van der Waals surface area contributed by atoms with Gasteiger partial charge in [-0.1, -0.05) is 30.3 Å². The molecular weight excluding hydrogens is 845 g/mol. The highest BCUT2D eigenvalue weighted by Crippen LogP contribution is 2.44. The van der Waals surface area contributed by atoms with Crippen molar-refractivity contribution in [3.05, 3.63) is 78.1 Å². The molecule has 0 saturated carbocycles. The summed E-state index contributed by atoms with van der Waals surface area (Å²) in [6.45, 7) is 3.77. The number of aromatic amines is 2. The molecule has 10 rings (SSSR count). The lowest BCUT2D eigenvalue weighted by atomic mass is 9.90. The van der Waals surface area contributed by atoms with Crippen LogP contribution in [-0.4, -0.2) is 120 Å². The number of likely N-dealkylation sites (tertiary alicyclic amines) is 2. The molecule has 17 heteroatoms. The van der Waals surface area contributed by atoms with Gasteiger partial charge in [0.1, 0.15) is 36.1 Å². The molecule has 7 heterocycles. The average molecular weight is 901 g/mol. The van der Waals surface area contributed by atoms with Crippen molar-refractivity contribution in [2.24, 2.45) is 11.8 Å². The predicted octanol–water partition coefficient (Wildman–Crippen LogP) is 6.81. The summed E-state index contributed by atoms with van der Waals surface area (Å²) < 4.78 is 27.4. The van der Waals surface area contributed by atoms with Crippen molar-refractivity contribution >= 4 is 34.8 Å². The van der Waals surface area contributed by atoms with E-state index in [4.69, 9.17) is 33.7 Å². The Morgan fingerprint density at radius 1 is 0.667 bits per heavy atom. The maximum absolute atomic E-state index is 14.1. The Bertz CT molecular complexity index is 2620. The molecule has 4 N–H and O–H groups in total. The molecule has 0 spiro atoms. The number of hydrogen-bond acceptors (Lipinski definition) is 11. The minimum atomic E-state index is -0.696. The molecule has 5 aliphatic rings. The number of methoxy groups -OCH3 is 2. The molecule has 0 aliphatic carbocycles. The summed E-state index contributed by atoms with van der Waals surface area (Å²) in [5.41, 5.74) is 6.80. The second-order valence-electron chi connectivity index (χ2n) is 17.9. The first kappa shape index (κ1) is 43.4. The largest absolute Gasteiger partial charge is 0.488 e. The highest BCUT2D eigenvalue weighted by molar-refractivity contribution is 5.98. The Morgan fingerprint density at radius 3 is 1.73 bits per heavy atom. The smallest absolute Gasteiger partial charge is 0.407 e. The van der Waals surface area contributed by atoms with Crippen molar-refractivity contribution in [1.82, 2.24) is 40.4 Å². The summed E-state index contributed by atoms with van der Waals surface area (Å²) in [6, 6.07) is 15.0. The van der Waals surface area contributed by atoms with Gasteiger partial charge in [0.05, 0.1) is 50.1 Å². The van der Waals surface area contributed by atoms with E-state index in [1.165, 1.54) is 14.2 Å². The summed E-state index contributed by atoms with van der Waals surface area (Å²) in [6.07, 6.45) is 8.36. The summed E-state index contributed by atoms with van der Waals surface area (Å²) in [5.74, 6) is 1.95. The van der Waals surface area contributed by atoms with Gasteiger partial charge in [-0.25, -0.2) is 19.6 Å². The molecule has 2 aromatic heterocycles. The molecule has 0 unspecified atom stereocenters. The van der Waals surface area contributed by atoms with Crippen molar-refractivity contribution in [3.8, 4) is 39.4 Å². The molecule has 4 atom stereocenters. The van der Waals surface area contributed by atoms with Crippen LogP contribution < -0.4 is 15.4 Å². The molecular formula is C49H56N8O9. The number of hydrogen-bond donors (Lipinski definition) is 4. The summed E-state index contributed by atoms with van der Waals surface area (Å²) >= 11 is 0. The zero-order valence-electron chi connectivity index (χ0n) is 37.3. The lowest BCUT2D eigenvalue weighted by Gasteiger charge is -2.34. The fourth-order valence-electron chi connectivity index (χ4n) is 10.7.